The van der Waals surface area contributed by atoms with Gasteiger partial charge in [0.1, 0.15) is 22.8 Å². The molecule has 5 rings (SSSR count). The van der Waals surface area contributed by atoms with Gasteiger partial charge in [-0.1, -0.05) is 0 Å². The van der Waals surface area contributed by atoms with Crippen LogP contribution in [0.3, 0.4) is 0 Å². The van der Waals surface area contributed by atoms with Crippen LogP contribution in [0.25, 0.3) is 31.0 Å². The molecule has 0 bridgehead atoms. The zero-order chi connectivity index (χ0) is 17.7. The smallest absolute Gasteiger partial charge is 0.142 e. The second kappa shape index (κ2) is 5.86. The van der Waals surface area contributed by atoms with Crippen molar-refractivity contribution in [1.29, 1.82) is 0 Å². The van der Waals surface area contributed by atoms with Crippen LogP contribution < -0.4 is 5.32 Å². The Kier molecular flexibility index (Phi) is 3.47. The first-order valence-corrected chi connectivity index (χ1v) is 9.72. The molecule has 4 aromatic heterocycles. The van der Waals surface area contributed by atoms with Gasteiger partial charge in [-0.2, -0.15) is 0 Å². The van der Waals surface area contributed by atoms with Crippen LogP contribution in [0.4, 0.5) is 11.5 Å². The minimum atomic E-state index is 0.797. The van der Waals surface area contributed by atoms with Gasteiger partial charge in [0.05, 0.1) is 37.9 Å². The number of rotatable bonds is 3. The van der Waals surface area contributed by atoms with Crippen molar-refractivity contribution in [3.63, 3.8) is 0 Å². The van der Waals surface area contributed by atoms with Crippen LogP contribution in [0.5, 0.6) is 0 Å². The number of fused-ring (bicyclic) bond motifs is 2. The number of hydrogen-bond donors (Lipinski definition) is 1. The molecule has 0 aliphatic rings. The topological polar surface area (TPSA) is 68.5 Å². The number of anilines is 2. The second-order valence-electron chi connectivity index (χ2n) is 5.96. The third kappa shape index (κ3) is 2.46. The molecule has 0 fully saturated rings. The molecule has 4 heterocycles. The summed E-state index contributed by atoms with van der Waals surface area (Å²) in [6.45, 7) is 2.00. The van der Waals surface area contributed by atoms with Gasteiger partial charge in [0.2, 0.25) is 0 Å². The lowest BCUT2D eigenvalue weighted by atomic mass is 10.2. The Labute approximate surface area is 157 Å². The Morgan fingerprint density at radius 1 is 1.08 bits per heavy atom. The van der Waals surface area contributed by atoms with Crippen molar-refractivity contribution in [1.82, 2.24) is 24.5 Å². The van der Waals surface area contributed by atoms with E-state index in [1.54, 1.807) is 29.0 Å². The van der Waals surface area contributed by atoms with Gasteiger partial charge in [0.15, 0.2) is 0 Å². The Balaban J connectivity index is 1.58. The van der Waals surface area contributed by atoms with Gasteiger partial charge in [0, 0.05) is 12.7 Å². The van der Waals surface area contributed by atoms with Crippen molar-refractivity contribution < 1.29 is 0 Å². The number of nitrogens with one attached hydrogen (secondary N) is 1. The first kappa shape index (κ1) is 15.4. The molecule has 5 aromatic rings. The van der Waals surface area contributed by atoms with Crippen LogP contribution in [0.15, 0.2) is 42.3 Å². The number of aromatic nitrogens is 5. The van der Waals surface area contributed by atoms with E-state index >= 15 is 0 Å². The molecule has 128 valence electrons. The highest BCUT2D eigenvalue weighted by atomic mass is 32.1. The lowest BCUT2D eigenvalue weighted by Crippen LogP contribution is -1.94. The molecule has 0 spiro atoms. The number of aryl methyl sites for hydroxylation is 1. The third-order valence-corrected chi connectivity index (χ3v) is 6.27. The standard InChI is InChI=1S/C18H14N6S2/c1-10-19-7-14(24(10)2)16-6-12-17(20-8-21-18(12)26-16)23-11-3-4-15-13(5-11)22-9-25-15/h3-9H,1-2H3,(H,20,21,23). The fourth-order valence-electron chi connectivity index (χ4n) is 2.88. The van der Waals surface area contributed by atoms with Crippen LogP contribution in [-0.2, 0) is 7.05 Å². The molecule has 8 heteroatoms. The van der Waals surface area contributed by atoms with Crippen molar-refractivity contribution in [3.05, 3.63) is 48.1 Å². The summed E-state index contributed by atoms with van der Waals surface area (Å²) in [5.41, 5.74) is 4.90. The molecule has 6 nitrogen and oxygen atoms in total. The minimum Gasteiger partial charge on any atom is -0.340 e. The fraction of sp³-hybridized carbons (Fsp3) is 0.111. The maximum absolute atomic E-state index is 4.45. The molecule has 0 amide bonds. The van der Waals surface area contributed by atoms with Crippen molar-refractivity contribution in [3.8, 4) is 10.6 Å². The Bertz CT molecular complexity index is 1250. The molecular formula is C18H14N6S2. The lowest BCUT2D eigenvalue weighted by Gasteiger charge is -2.06. The van der Waals surface area contributed by atoms with Crippen molar-refractivity contribution in [2.75, 3.05) is 5.32 Å². The summed E-state index contributed by atoms with van der Waals surface area (Å²) in [5.74, 6) is 1.78. The largest absolute Gasteiger partial charge is 0.340 e. The van der Waals surface area contributed by atoms with Gasteiger partial charge in [-0.05, 0) is 31.2 Å². The molecule has 0 atom stereocenters. The summed E-state index contributed by atoms with van der Waals surface area (Å²) in [7, 11) is 2.02. The van der Waals surface area contributed by atoms with Crippen molar-refractivity contribution in [2.45, 2.75) is 6.92 Å². The van der Waals surface area contributed by atoms with E-state index in [-0.39, 0.29) is 0 Å². The summed E-state index contributed by atoms with van der Waals surface area (Å²) in [6, 6.07) is 8.29. The van der Waals surface area contributed by atoms with Crippen LogP contribution in [0, 0.1) is 6.92 Å². The summed E-state index contributed by atoms with van der Waals surface area (Å²) in [5, 5.41) is 4.42. The SMILES string of the molecule is Cc1ncc(-c2cc3c(Nc4ccc5scnc5c4)ncnc3s2)n1C. The summed E-state index contributed by atoms with van der Waals surface area (Å²) >= 11 is 3.28. The second-order valence-corrected chi connectivity index (χ2v) is 7.88. The molecule has 0 aliphatic carbocycles. The molecule has 0 unspecified atom stereocenters. The number of thiophene rings is 1. The van der Waals surface area contributed by atoms with E-state index in [1.807, 2.05) is 37.8 Å². The van der Waals surface area contributed by atoms with E-state index in [1.165, 1.54) is 4.70 Å². The molecule has 1 N–H and O–H groups in total. The maximum atomic E-state index is 4.45. The molecule has 26 heavy (non-hydrogen) atoms. The summed E-state index contributed by atoms with van der Waals surface area (Å²) in [6.07, 6.45) is 3.50. The lowest BCUT2D eigenvalue weighted by molar-refractivity contribution is 0.866. The van der Waals surface area contributed by atoms with Gasteiger partial charge in [-0.3, -0.25) is 0 Å². The number of hydrogen-bond acceptors (Lipinski definition) is 7. The van der Waals surface area contributed by atoms with Gasteiger partial charge >= 0.3 is 0 Å². The van der Waals surface area contributed by atoms with Crippen LogP contribution in [-0.4, -0.2) is 24.5 Å². The first-order valence-electron chi connectivity index (χ1n) is 8.02. The maximum Gasteiger partial charge on any atom is 0.142 e. The molecule has 1 aromatic carbocycles. The van der Waals surface area contributed by atoms with Crippen molar-refractivity contribution >= 4 is 54.6 Å². The monoisotopic (exact) mass is 378 g/mol. The zero-order valence-electron chi connectivity index (χ0n) is 14.1. The highest BCUT2D eigenvalue weighted by Crippen LogP contribution is 2.36. The zero-order valence-corrected chi connectivity index (χ0v) is 15.7. The average molecular weight is 378 g/mol. The van der Waals surface area contributed by atoms with E-state index in [2.05, 4.69) is 42.0 Å². The predicted molar refractivity (Wildman–Crippen MR) is 107 cm³/mol. The van der Waals surface area contributed by atoms with E-state index in [0.29, 0.717) is 0 Å². The predicted octanol–water partition coefficient (Wildman–Crippen LogP) is 4.75. The van der Waals surface area contributed by atoms with Gasteiger partial charge in [0.25, 0.3) is 0 Å². The highest BCUT2D eigenvalue weighted by molar-refractivity contribution is 7.21. The van der Waals surface area contributed by atoms with Crippen LogP contribution in [0.2, 0.25) is 0 Å². The molecule has 0 aliphatic heterocycles. The molecule has 0 saturated heterocycles. The van der Waals surface area contributed by atoms with E-state index in [0.717, 1.165) is 43.6 Å². The van der Waals surface area contributed by atoms with Crippen LogP contribution >= 0.6 is 22.7 Å². The fourth-order valence-corrected chi connectivity index (χ4v) is 4.59. The Hall–Kier alpha value is -2.84. The van der Waals surface area contributed by atoms with Gasteiger partial charge in [-0.25, -0.2) is 19.9 Å². The Morgan fingerprint density at radius 2 is 2.00 bits per heavy atom. The highest BCUT2D eigenvalue weighted by Gasteiger charge is 2.13. The van der Waals surface area contributed by atoms with E-state index < -0.39 is 0 Å². The normalized spacial score (nSPS) is 11.5. The molecule has 0 radical (unpaired) electrons. The number of nitrogens with zero attached hydrogens (tertiary/aromatic N) is 5. The summed E-state index contributed by atoms with van der Waals surface area (Å²) in [4.78, 5) is 19.7. The van der Waals surface area contributed by atoms with Gasteiger partial charge in [-0.15, -0.1) is 22.7 Å². The molecular weight excluding hydrogens is 364 g/mol. The Morgan fingerprint density at radius 3 is 2.85 bits per heavy atom. The van der Waals surface area contributed by atoms with E-state index in [4.69, 9.17) is 0 Å². The van der Waals surface area contributed by atoms with Crippen molar-refractivity contribution in [2.24, 2.45) is 7.05 Å². The van der Waals surface area contributed by atoms with Gasteiger partial charge < -0.3 is 9.88 Å². The molecule has 0 saturated carbocycles. The number of benzene rings is 1. The van der Waals surface area contributed by atoms with Crippen LogP contribution in [0.1, 0.15) is 5.82 Å². The average Bonchev–Trinajstić information content (AvgIpc) is 3.34. The first-order chi connectivity index (χ1) is 12.7. The third-order valence-electron chi connectivity index (χ3n) is 4.40. The quantitative estimate of drug-likeness (QED) is 0.490. The number of thiazole rings is 1. The van der Waals surface area contributed by atoms with E-state index in [9.17, 15) is 0 Å². The number of imidazole rings is 1. The minimum absolute atomic E-state index is 0.797. The summed E-state index contributed by atoms with van der Waals surface area (Å²) < 4.78 is 3.26.